The Bertz CT molecular complexity index is 554. The summed E-state index contributed by atoms with van der Waals surface area (Å²) >= 11 is 3.29. The molecule has 1 aromatic carbocycles. The third-order valence-electron chi connectivity index (χ3n) is 2.11. The number of halogens is 1. The van der Waals surface area contributed by atoms with Gasteiger partial charge < -0.3 is 10.8 Å². The number of hydrogen-bond donors (Lipinski definition) is 2. The average molecular weight is 267 g/mol. The Morgan fingerprint density at radius 1 is 1.40 bits per heavy atom. The number of rotatable bonds is 1. The lowest BCUT2D eigenvalue weighted by atomic mass is 10.1. The van der Waals surface area contributed by atoms with Crippen LogP contribution in [0.25, 0.3) is 10.8 Å². The second kappa shape index (κ2) is 3.51. The Kier molecular flexibility index (Phi) is 2.32. The fraction of sp³-hybridized carbons (Fsp3) is 0. The van der Waals surface area contributed by atoms with E-state index in [1.54, 1.807) is 18.2 Å². The first kappa shape index (κ1) is 9.92. The number of benzene rings is 1. The number of carbonyl (C=O) groups is 1. The summed E-state index contributed by atoms with van der Waals surface area (Å²) in [4.78, 5) is 14.8. The van der Waals surface area contributed by atoms with Gasteiger partial charge in [-0.15, -0.1) is 0 Å². The van der Waals surface area contributed by atoms with Gasteiger partial charge in [0.15, 0.2) is 5.69 Å². The predicted molar refractivity (Wildman–Crippen MR) is 60.8 cm³/mol. The fourth-order valence-corrected chi connectivity index (χ4v) is 1.98. The second-order valence-electron chi connectivity index (χ2n) is 3.02. The summed E-state index contributed by atoms with van der Waals surface area (Å²) in [6.07, 6.45) is 1.44. The summed E-state index contributed by atoms with van der Waals surface area (Å²) in [6.45, 7) is 0. The zero-order chi connectivity index (χ0) is 11.0. The van der Waals surface area contributed by atoms with Gasteiger partial charge in [0.1, 0.15) is 0 Å². The number of pyridine rings is 1. The molecule has 1 heterocycles. The van der Waals surface area contributed by atoms with E-state index in [-0.39, 0.29) is 5.69 Å². The zero-order valence-electron chi connectivity index (χ0n) is 7.57. The van der Waals surface area contributed by atoms with E-state index in [0.717, 1.165) is 0 Å². The highest BCUT2D eigenvalue weighted by Gasteiger charge is 2.13. The lowest BCUT2D eigenvalue weighted by Gasteiger charge is -2.06. The molecule has 2 rings (SSSR count). The topological polar surface area (TPSA) is 76.2 Å². The van der Waals surface area contributed by atoms with Crippen LogP contribution in [0, 0.1) is 0 Å². The molecule has 2 aromatic rings. The van der Waals surface area contributed by atoms with Gasteiger partial charge in [-0.2, -0.15) is 0 Å². The minimum absolute atomic E-state index is 0.00618. The summed E-state index contributed by atoms with van der Waals surface area (Å²) in [5.74, 6) is -1.06. The highest BCUT2D eigenvalue weighted by Crippen LogP contribution is 2.30. The second-order valence-corrected chi connectivity index (χ2v) is 3.88. The third-order valence-corrected chi connectivity index (χ3v) is 2.77. The van der Waals surface area contributed by atoms with Crippen molar-refractivity contribution in [3.8, 4) is 0 Å². The first-order valence-corrected chi connectivity index (χ1v) is 4.96. The van der Waals surface area contributed by atoms with Crippen LogP contribution < -0.4 is 5.73 Å². The van der Waals surface area contributed by atoms with E-state index in [1.165, 1.54) is 6.20 Å². The molecule has 1 aromatic heterocycles. The number of nitrogen functional groups attached to an aromatic ring is 1. The van der Waals surface area contributed by atoms with Crippen LogP contribution >= 0.6 is 15.9 Å². The Hall–Kier alpha value is -1.62. The molecule has 5 heteroatoms. The lowest BCUT2D eigenvalue weighted by Crippen LogP contribution is -2.02. The normalized spacial score (nSPS) is 10.5. The molecule has 0 amide bonds. The van der Waals surface area contributed by atoms with Crippen LogP contribution in [0.15, 0.2) is 28.9 Å². The minimum Gasteiger partial charge on any atom is -0.476 e. The molecule has 0 unspecified atom stereocenters. The van der Waals surface area contributed by atoms with E-state index in [1.807, 2.05) is 0 Å². The molecule has 0 spiro atoms. The van der Waals surface area contributed by atoms with Gasteiger partial charge in [0, 0.05) is 27.1 Å². The van der Waals surface area contributed by atoms with E-state index in [9.17, 15) is 4.79 Å². The summed E-state index contributed by atoms with van der Waals surface area (Å²) in [6, 6.07) is 5.13. The summed E-state index contributed by atoms with van der Waals surface area (Å²) < 4.78 is 0.678. The molecular formula is C10H7BrN2O2. The summed E-state index contributed by atoms with van der Waals surface area (Å²) in [5, 5.41) is 10.2. The molecule has 0 bridgehead atoms. The van der Waals surface area contributed by atoms with Crippen LogP contribution in [0.5, 0.6) is 0 Å². The van der Waals surface area contributed by atoms with E-state index in [4.69, 9.17) is 10.8 Å². The van der Waals surface area contributed by atoms with Crippen LogP contribution in [0.4, 0.5) is 5.69 Å². The maximum atomic E-state index is 11.0. The zero-order valence-corrected chi connectivity index (χ0v) is 9.15. The number of nitrogens with two attached hydrogens (primary N) is 1. The molecule has 0 radical (unpaired) electrons. The molecule has 0 atom stereocenters. The Morgan fingerprint density at radius 2 is 2.13 bits per heavy atom. The molecule has 0 fully saturated rings. The van der Waals surface area contributed by atoms with E-state index < -0.39 is 5.97 Å². The van der Waals surface area contributed by atoms with Crippen LogP contribution in [0.3, 0.4) is 0 Å². The molecule has 0 saturated carbocycles. The molecule has 0 aliphatic heterocycles. The SMILES string of the molecule is Nc1ccc(Br)c2c(C(=O)O)nccc12. The van der Waals surface area contributed by atoms with Crippen molar-refractivity contribution < 1.29 is 9.90 Å². The quantitative estimate of drug-likeness (QED) is 0.777. The number of carboxylic acid groups (broad SMARTS) is 1. The van der Waals surface area contributed by atoms with Crippen molar-refractivity contribution >= 4 is 38.4 Å². The van der Waals surface area contributed by atoms with Crippen LogP contribution in [0.1, 0.15) is 10.5 Å². The number of carboxylic acids is 1. The number of aromatic nitrogens is 1. The number of hydrogen-bond acceptors (Lipinski definition) is 3. The highest BCUT2D eigenvalue weighted by molar-refractivity contribution is 9.10. The van der Waals surface area contributed by atoms with Gasteiger partial charge in [-0.05, 0) is 18.2 Å². The van der Waals surface area contributed by atoms with E-state index >= 15 is 0 Å². The molecule has 15 heavy (non-hydrogen) atoms. The summed E-state index contributed by atoms with van der Waals surface area (Å²) in [7, 11) is 0. The maximum absolute atomic E-state index is 11.0. The number of nitrogens with zero attached hydrogens (tertiary/aromatic N) is 1. The van der Waals surface area contributed by atoms with Crippen LogP contribution in [0.2, 0.25) is 0 Å². The van der Waals surface area contributed by atoms with Gasteiger partial charge in [-0.3, -0.25) is 0 Å². The molecule has 3 N–H and O–H groups in total. The van der Waals surface area contributed by atoms with Crippen molar-refractivity contribution in [2.75, 3.05) is 5.73 Å². The third kappa shape index (κ3) is 1.55. The highest BCUT2D eigenvalue weighted by atomic mass is 79.9. The van der Waals surface area contributed by atoms with E-state index in [2.05, 4.69) is 20.9 Å². The molecule has 0 saturated heterocycles. The van der Waals surface area contributed by atoms with Gasteiger partial charge in [-0.1, -0.05) is 15.9 Å². The molecule has 76 valence electrons. The largest absolute Gasteiger partial charge is 0.476 e. The molecule has 4 nitrogen and oxygen atoms in total. The van der Waals surface area contributed by atoms with Crippen molar-refractivity contribution in [2.24, 2.45) is 0 Å². The van der Waals surface area contributed by atoms with Crippen LogP contribution in [-0.4, -0.2) is 16.1 Å². The van der Waals surface area contributed by atoms with Crippen molar-refractivity contribution in [3.05, 3.63) is 34.6 Å². The van der Waals surface area contributed by atoms with Crippen molar-refractivity contribution in [1.29, 1.82) is 0 Å². The fourth-order valence-electron chi connectivity index (χ4n) is 1.44. The van der Waals surface area contributed by atoms with Gasteiger partial charge in [0.2, 0.25) is 0 Å². The van der Waals surface area contributed by atoms with Gasteiger partial charge in [0.25, 0.3) is 0 Å². The minimum atomic E-state index is -1.06. The van der Waals surface area contributed by atoms with Gasteiger partial charge >= 0.3 is 5.97 Å². The van der Waals surface area contributed by atoms with Crippen molar-refractivity contribution in [2.45, 2.75) is 0 Å². The number of fused-ring (bicyclic) bond motifs is 1. The maximum Gasteiger partial charge on any atom is 0.355 e. The predicted octanol–water partition coefficient (Wildman–Crippen LogP) is 2.28. The Balaban J connectivity index is 2.96. The first-order valence-electron chi connectivity index (χ1n) is 4.17. The standard InChI is InChI=1S/C10H7BrN2O2/c11-6-1-2-7(12)5-3-4-13-9(8(5)6)10(14)15/h1-4H,12H2,(H,14,15). The number of aromatic carboxylic acids is 1. The van der Waals surface area contributed by atoms with Gasteiger partial charge in [-0.25, -0.2) is 9.78 Å². The first-order chi connectivity index (χ1) is 7.11. The summed E-state index contributed by atoms with van der Waals surface area (Å²) in [5.41, 5.74) is 6.30. The van der Waals surface area contributed by atoms with Crippen LogP contribution in [-0.2, 0) is 0 Å². The monoisotopic (exact) mass is 266 g/mol. The number of anilines is 1. The van der Waals surface area contributed by atoms with Gasteiger partial charge in [0.05, 0.1) is 0 Å². The van der Waals surface area contributed by atoms with Crippen molar-refractivity contribution in [3.63, 3.8) is 0 Å². The molecular weight excluding hydrogens is 260 g/mol. The lowest BCUT2D eigenvalue weighted by molar-refractivity contribution is 0.0693. The molecule has 0 aliphatic rings. The van der Waals surface area contributed by atoms with Crippen molar-refractivity contribution in [1.82, 2.24) is 4.98 Å². The average Bonchev–Trinajstić information content (AvgIpc) is 2.23. The Morgan fingerprint density at radius 3 is 2.80 bits per heavy atom. The van der Waals surface area contributed by atoms with E-state index in [0.29, 0.717) is 20.9 Å². The smallest absolute Gasteiger partial charge is 0.355 e. The molecule has 0 aliphatic carbocycles. The Labute approximate surface area is 93.9 Å².